The molecule has 0 aliphatic carbocycles. The van der Waals surface area contributed by atoms with E-state index in [1.54, 1.807) is 43.3 Å². The van der Waals surface area contributed by atoms with Gasteiger partial charge in [0.05, 0.1) is 16.2 Å². The number of hydrazone groups is 1. The van der Waals surface area contributed by atoms with Crippen LogP contribution in [0.4, 0.5) is 33.6 Å². The summed E-state index contributed by atoms with van der Waals surface area (Å²) in [5.41, 5.74) is 3.72. The van der Waals surface area contributed by atoms with Gasteiger partial charge in [-0.3, -0.25) is 10.1 Å². The third-order valence-electron chi connectivity index (χ3n) is 4.54. The number of nitrogens with zero attached hydrogens (tertiary/aromatic N) is 6. The molecule has 2 aromatic heterocycles. The molecule has 0 aliphatic heterocycles. The van der Waals surface area contributed by atoms with Gasteiger partial charge in [-0.25, -0.2) is 9.82 Å². The standard InChI is InChI=1S/C22H18ClFN8O3/c1-31(2)22-28-20(26-14-5-3-13(24)4-6-14)27-21(29-22)30-25-12-16-8-10-19(35-16)17-9-7-15(32(33)34)11-18(17)23/h3-12H,1-2H3,(H2,26,27,28,29,30)/b25-12-. The summed E-state index contributed by atoms with van der Waals surface area (Å²) in [7, 11) is 3.55. The van der Waals surface area contributed by atoms with Crippen LogP contribution in [-0.2, 0) is 0 Å². The van der Waals surface area contributed by atoms with Gasteiger partial charge in [0.15, 0.2) is 0 Å². The van der Waals surface area contributed by atoms with Crippen LogP contribution in [0.5, 0.6) is 0 Å². The Morgan fingerprint density at radius 2 is 1.83 bits per heavy atom. The minimum atomic E-state index is -0.523. The van der Waals surface area contributed by atoms with E-state index in [9.17, 15) is 14.5 Å². The number of aromatic nitrogens is 3. The highest BCUT2D eigenvalue weighted by molar-refractivity contribution is 6.33. The third kappa shape index (κ3) is 5.86. The smallest absolute Gasteiger partial charge is 0.270 e. The summed E-state index contributed by atoms with van der Waals surface area (Å²) in [5, 5.41) is 18.2. The highest BCUT2D eigenvalue weighted by atomic mass is 35.5. The first kappa shape index (κ1) is 23.6. The third-order valence-corrected chi connectivity index (χ3v) is 4.85. The average molecular weight is 497 g/mol. The summed E-state index contributed by atoms with van der Waals surface area (Å²) < 4.78 is 18.9. The van der Waals surface area contributed by atoms with E-state index < -0.39 is 4.92 Å². The first-order chi connectivity index (χ1) is 16.8. The molecule has 2 heterocycles. The van der Waals surface area contributed by atoms with E-state index >= 15 is 0 Å². The molecule has 178 valence electrons. The lowest BCUT2D eigenvalue weighted by atomic mass is 10.1. The van der Waals surface area contributed by atoms with Gasteiger partial charge in [0.25, 0.3) is 5.69 Å². The predicted molar refractivity (Wildman–Crippen MR) is 131 cm³/mol. The average Bonchev–Trinajstić information content (AvgIpc) is 3.29. The molecular formula is C22H18ClFN8O3. The second-order valence-corrected chi connectivity index (χ2v) is 7.71. The van der Waals surface area contributed by atoms with Gasteiger partial charge in [0.1, 0.15) is 17.3 Å². The van der Waals surface area contributed by atoms with E-state index in [0.29, 0.717) is 28.7 Å². The Kier molecular flexibility index (Phi) is 6.83. The number of hydrogen-bond donors (Lipinski definition) is 2. The molecule has 11 nitrogen and oxygen atoms in total. The van der Waals surface area contributed by atoms with Crippen LogP contribution >= 0.6 is 11.6 Å². The largest absolute Gasteiger partial charge is 0.455 e. The molecule has 0 amide bonds. The number of non-ortho nitro benzene ring substituents is 1. The molecule has 2 N–H and O–H groups in total. The number of hydrogen-bond acceptors (Lipinski definition) is 10. The molecule has 13 heteroatoms. The Labute approximate surface area is 203 Å². The number of anilines is 4. The molecule has 4 rings (SSSR count). The minimum Gasteiger partial charge on any atom is -0.455 e. The number of rotatable bonds is 8. The van der Waals surface area contributed by atoms with Gasteiger partial charge in [-0.05, 0) is 42.5 Å². The zero-order valence-electron chi connectivity index (χ0n) is 18.4. The van der Waals surface area contributed by atoms with Gasteiger partial charge in [0.2, 0.25) is 17.8 Å². The van der Waals surface area contributed by atoms with E-state index in [2.05, 4.69) is 30.8 Å². The Hall–Kier alpha value is -4.58. The number of furan rings is 1. The SMILES string of the molecule is CN(C)c1nc(N/N=C\c2ccc(-c3ccc([N+](=O)[O-])cc3Cl)o2)nc(Nc2ccc(F)cc2)n1. The predicted octanol–water partition coefficient (Wildman–Crippen LogP) is 5.09. The van der Waals surface area contributed by atoms with Crippen molar-refractivity contribution < 1.29 is 13.7 Å². The molecule has 0 bridgehead atoms. The van der Waals surface area contributed by atoms with Gasteiger partial charge >= 0.3 is 0 Å². The number of nitrogens with one attached hydrogen (secondary N) is 2. The van der Waals surface area contributed by atoms with Crippen molar-refractivity contribution >= 4 is 47.0 Å². The van der Waals surface area contributed by atoms with Gasteiger partial charge in [-0.1, -0.05) is 11.6 Å². The van der Waals surface area contributed by atoms with Gasteiger partial charge < -0.3 is 14.6 Å². The van der Waals surface area contributed by atoms with Crippen molar-refractivity contribution in [1.82, 2.24) is 15.0 Å². The van der Waals surface area contributed by atoms with Gasteiger partial charge in [-0.15, -0.1) is 0 Å². The van der Waals surface area contributed by atoms with Crippen LogP contribution in [0.15, 0.2) is 64.1 Å². The maximum Gasteiger partial charge on any atom is 0.270 e. The second kappa shape index (κ2) is 10.1. The van der Waals surface area contributed by atoms with E-state index in [4.69, 9.17) is 16.0 Å². The molecule has 0 unspecified atom stereocenters. The maximum atomic E-state index is 13.2. The highest BCUT2D eigenvalue weighted by Gasteiger charge is 2.13. The van der Waals surface area contributed by atoms with Crippen molar-refractivity contribution in [2.75, 3.05) is 29.7 Å². The molecule has 0 atom stereocenters. The quantitative estimate of drug-likeness (QED) is 0.194. The molecule has 4 aromatic rings. The molecule has 0 saturated carbocycles. The Bertz CT molecular complexity index is 1390. The lowest BCUT2D eigenvalue weighted by Crippen LogP contribution is -2.15. The van der Waals surface area contributed by atoms with E-state index in [1.165, 1.54) is 36.5 Å². The van der Waals surface area contributed by atoms with Crippen LogP contribution in [0, 0.1) is 15.9 Å². The van der Waals surface area contributed by atoms with Crippen molar-refractivity contribution in [3.8, 4) is 11.3 Å². The fraction of sp³-hybridized carbons (Fsp3) is 0.0909. The van der Waals surface area contributed by atoms with Crippen molar-refractivity contribution in [3.63, 3.8) is 0 Å². The summed E-state index contributed by atoms with van der Waals surface area (Å²) in [6.07, 6.45) is 1.41. The van der Waals surface area contributed by atoms with Crippen molar-refractivity contribution in [3.05, 3.63) is 81.3 Å². The molecule has 0 spiro atoms. The zero-order chi connectivity index (χ0) is 24.9. The molecule has 35 heavy (non-hydrogen) atoms. The number of nitro groups is 1. The van der Waals surface area contributed by atoms with E-state index in [-0.39, 0.29) is 28.4 Å². The summed E-state index contributed by atoms with van der Waals surface area (Å²) >= 11 is 6.16. The summed E-state index contributed by atoms with van der Waals surface area (Å²) in [6.45, 7) is 0. The Balaban J connectivity index is 1.49. The van der Waals surface area contributed by atoms with Crippen LogP contribution in [0.2, 0.25) is 5.02 Å². The monoisotopic (exact) mass is 496 g/mol. The van der Waals surface area contributed by atoms with Gasteiger partial charge in [-0.2, -0.15) is 20.1 Å². The fourth-order valence-corrected chi connectivity index (χ4v) is 3.14. The molecule has 0 radical (unpaired) electrons. The van der Waals surface area contributed by atoms with E-state index in [1.807, 2.05) is 0 Å². The minimum absolute atomic E-state index is 0.112. The fourth-order valence-electron chi connectivity index (χ4n) is 2.87. The lowest BCUT2D eigenvalue weighted by Gasteiger charge is -2.13. The molecular weight excluding hydrogens is 479 g/mol. The first-order valence-electron chi connectivity index (χ1n) is 10.1. The van der Waals surface area contributed by atoms with Gasteiger partial charge in [0, 0.05) is 37.5 Å². The number of benzene rings is 2. The maximum absolute atomic E-state index is 13.2. The molecule has 0 fully saturated rings. The Morgan fingerprint density at radius 3 is 2.51 bits per heavy atom. The normalized spacial score (nSPS) is 11.0. The van der Waals surface area contributed by atoms with Crippen molar-refractivity contribution in [2.45, 2.75) is 0 Å². The summed E-state index contributed by atoms with van der Waals surface area (Å²) in [6, 6.07) is 13.2. The highest BCUT2D eigenvalue weighted by Crippen LogP contribution is 2.32. The number of nitro benzene ring substituents is 1. The summed E-state index contributed by atoms with van der Waals surface area (Å²) in [4.78, 5) is 24.9. The topological polar surface area (TPSA) is 135 Å². The van der Waals surface area contributed by atoms with Crippen molar-refractivity contribution in [2.24, 2.45) is 5.10 Å². The first-order valence-corrected chi connectivity index (χ1v) is 10.5. The van der Waals surface area contributed by atoms with Crippen molar-refractivity contribution in [1.29, 1.82) is 0 Å². The van der Waals surface area contributed by atoms with Crippen LogP contribution in [-0.4, -0.2) is 40.2 Å². The van der Waals surface area contributed by atoms with Crippen LogP contribution < -0.4 is 15.6 Å². The summed E-state index contributed by atoms with van der Waals surface area (Å²) in [5.74, 6) is 1.24. The molecule has 2 aromatic carbocycles. The van der Waals surface area contributed by atoms with E-state index in [0.717, 1.165) is 0 Å². The zero-order valence-corrected chi connectivity index (χ0v) is 19.2. The van der Waals surface area contributed by atoms with Crippen LogP contribution in [0.3, 0.4) is 0 Å². The van der Waals surface area contributed by atoms with Crippen LogP contribution in [0.1, 0.15) is 5.76 Å². The van der Waals surface area contributed by atoms with Crippen LogP contribution in [0.25, 0.3) is 11.3 Å². The number of halogens is 2. The molecule has 0 aliphatic rings. The second-order valence-electron chi connectivity index (χ2n) is 7.30. The lowest BCUT2D eigenvalue weighted by molar-refractivity contribution is -0.384. The molecule has 0 saturated heterocycles. The Morgan fingerprint density at radius 1 is 1.09 bits per heavy atom.